The number of carbonyl (C=O) groups is 1. The van der Waals surface area contributed by atoms with Crippen molar-refractivity contribution in [1.82, 2.24) is 5.43 Å². The molecule has 0 radical (unpaired) electrons. The normalized spacial score (nSPS) is 11.2. The highest BCUT2D eigenvalue weighted by Crippen LogP contribution is 2.32. The van der Waals surface area contributed by atoms with Gasteiger partial charge in [0.05, 0.1) is 13.3 Å². The monoisotopic (exact) mass is 474 g/mol. The summed E-state index contributed by atoms with van der Waals surface area (Å²) in [5.74, 6) is 0.0849. The summed E-state index contributed by atoms with van der Waals surface area (Å²) in [5.41, 5.74) is 2.59. The number of amides is 1. The Balaban J connectivity index is 1.70. The minimum atomic E-state index is -4.11. The van der Waals surface area contributed by atoms with E-state index in [0.29, 0.717) is 10.8 Å². The zero-order valence-corrected chi connectivity index (χ0v) is 18.5. The molecule has 0 fully saturated rings. The fourth-order valence-electron chi connectivity index (χ4n) is 2.52. The number of benzene rings is 3. The SMILES string of the molecule is COc1cccc(C=NNC(=O)COc2ccc(Cl)cc2)c1OS(=O)(=O)c1ccccc1. The van der Waals surface area contributed by atoms with Gasteiger partial charge >= 0.3 is 10.1 Å². The van der Waals surface area contributed by atoms with Crippen molar-refractivity contribution in [2.45, 2.75) is 4.90 Å². The molecule has 0 aliphatic rings. The van der Waals surface area contributed by atoms with E-state index in [1.54, 1.807) is 60.7 Å². The van der Waals surface area contributed by atoms with E-state index in [0.717, 1.165) is 0 Å². The largest absolute Gasteiger partial charge is 0.493 e. The van der Waals surface area contributed by atoms with Crippen LogP contribution < -0.4 is 19.1 Å². The van der Waals surface area contributed by atoms with Crippen LogP contribution in [0.3, 0.4) is 0 Å². The van der Waals surface area contributed by atoms with E-state index < -0.39 is 16.0 Å². The standard InChI is InChI=1S/C22H19ClN2O6S/c1-29-20-9-5-6-16(22(20)31-32(27,28)19-7-3-2-4-8-19)14-24-25-21(26)15-30-18-12-10-17(23)11-13-18/h2-14H,15H2,1H3,(H,25,26). The van der Waals surface area contributed by atoms with Crippen LogP contribution in [0.1, 0.15) is 5.56 Å². The fraction of sp³-hybridized carbons (Fsp3) is 0.0909. The molecular formula is C22H19ClN2O6S. The number of para-hydroxylation sites is 1. The molecule has 8 nitrogen and oxygen atoms in total. The van der Waals surface area contributed by atoms with Gasteiger partial charge in [0.1, 0.15) is 10.6 Å². The minimum Gasteiger partial charge on any atom is -0.493 e. The van der Waals surface area contributed by atoms with E-state index in [4.69, 9.17) is 25.3 Å². The molecule has 3 rings (SSSR count). The molecule has 0 spiro atoms. The molecular weight excluding hydrogens is 456 g/mol. The molecule has 0 aromatic heterocycles. The lowest BCUT2D eigenvalue weighted by Gasteiger charge is -2.13. The molecule has 3 aromatic rings. The summed E-state index contributed by atoms with van der Waals surface area (Å²) in [6.07, 6.45) is 1.25. The third-order valence-corrected chi connectivity index (χ3v) is 5.52. The average Bonchev–Trinajstić information content (AvgIpc) is 2.80. The Labute approximate surface area is 190 Å². The average molecular weight is 475 g/mol. The Morgan fingerprint density at radius 1 is 1.03 bits per heavy atom. The van der Waals surface area contributed by atoms with Crippen molar-refractivity contribution in [3.63, 3.8) is 0 Å². The van der Waals surface area contributed by atoms with Gasteiger partial charge in [-0.3, -0.25) is 4.79 Å². The number of halogens is 1. The summed E-state index contributed by atoms with van der Waals surface area (Å²) in [4.78, 5) is 12.0. The Bertz CT molecular complexity index is 1200. The molecule has 3 aromatic carbocycles. The summed E-state index contributed by atoms with van der Waals surface area (Å²) in [6, 6.07) is 19.0. The van der Waals surface area contributed by atoms with Gasteiger partial charge in [0.15, 0.2) is 18.1 Å². The van der Waals surface area contributed by atoms with Crippen LogP contribution in [0.4, 0.5) is 0 Å². The van der Waals surface area contributed by atoms with Crippen molar-refractivity contribution >= 4 is 33.8 Å². The van der Waals surface area contributed by atoms with E-state index in [2.05, 4.69) is 10.5 Å². The second-order valence-corrected chi connectivity index (χ2v) is 8.25. The van der Waals surface area contributed by atoms with E-state index in [1.807, 2.05) is 0 Å². The van der Waals surface area contributed by atoms with E-state index in [9.17, 15) is 13.2 Å². The summed E-state index contributed by atoms with van der Waals surface area (Å²) in [6.45, 7) is -0.275. The van der Waals surface area contributed by atoms with Crippen LogP contribution in [0.5, 0.6) is 17.2 Å². The van der Waals surface area contributed by atoms with Crippen LogP contribution in [0.15, 0.2) is 82.8 Å². The molecule has 0 heterocycles. The molecule has 10 heteroatoms. The van der Waals surface area contributed by atoms with Crippen LogP contribution in [-0.4, -0.2) is 34.3 Å². The van der Waals surface area contributed by atoms with Crippen molar-refractivity contribution < 1.29 is 26.9 Å². The van der Waals surface area contributed by atoms with Crippen LogP contribution >= 0.6 is 11.6 Å². The third kappa shape index (κ3) is 6.22. The highest BCUT2D eigenvalue weighted by molar-refractivity contribution is 7.87. The number of nitrogens with one attached hydrogen (secondary N) is 1. The predicted octanol–water partition coefficient (Wildman–Crippen LogP) is 3.65. The maximum Gasteiger partial charge on any atom is 0.339 e. The Kier molecular flexibility index (Phi) is 7.69. The number of nitrogens with zero attached hydrogens (tertiary/aromatic N) is 1. The maximum absolute atomic E-state index is 12.6. The first-order valence-corrected chi connectivity index (χ1v) is 11.0. The van der Waals surface area contributed by atoms with Crippen molar-refractivity contribution in [2.75, 3.05) is 13.7 Å². The van der Waals surface area contributed by atoms with Crippen molar-refractivity contribution in [2.24, 2.45) is 5.10 Å². The lowest BCUT2D eigenvalue weighted by molar-refractivity contribution is -0.123. The summed E-state index contributed by atoms with van der Waals surface area (Å²) < 4.78 is 41.1. The second-order valence-electron chi connectivity index (χ2n) is 6.26. The molecule has 0 bridgehead atoms. The maximum atomic E-state index is 12.6. The topological polar surface area (TPSA) is 103 Å². The smallest absolute Gasteiger partial charge is 0.339 e. The molecule has 0 unspecified atom stereocenters. The van der Waals surface area contributed by atoms with Crippen molar-refractivity contribution in [3.05, 3.63) is 83.4 Å². The lowest BCUT2D eigenvalue weighted by atomic mass is 10.2. The second kappa shape index (κ2) is 10.7. The Hall–Kier alpha value is -3.56. The van der Waals surface area contributed by atoms with Crippen LogP contribution in [0.25, 0.3) is 0 Å². The first-order chi connectivity index (χ1) is 15.4. The zero-order chi connectivity index (χ0) is 23.0. The van der Waals surface area contributed by atoms with Crippen molar-refractivity contribution in [3.8, 4) is 17.2 Å². The first kappa shape index (κ1) is 23.1. The number of hydrogen-bond donors (Lipinski definition) is 1. The van der Waals surface area contributed by atoms with Gasteiger partial charge in [-0.05, 0) is 48.5 Å². The number of carbonyl (C=O) groups excluding carboxylic acids is 1. The zero-order valence-electron chi connectivity index (χ0n) is 16.9. The summed E-state index contributed by atoms with van der Waals surface area (Å²) >= 11 is 5.80. The molecule has 166 valence electrons. The van der Waals surface area contributed by atoms with Gasteiger partial charge in [-0.2, -0.15) is 13.5 Å². The molecule has 0 atom stereocenters. The van der Waals surface area contributed by atoms with Gasteiger partial charge in [-0.15, -0.1) is 0 Å². The third-order valence-electron chi connectivity index (χ3n) is 4.03. The summed E-state index contributed by atoms with van der Waals surface area (Å²) in [7, 11) is -2.73. The molecule has 0 aliphatic carbocycles. The van der Waals surface area contributed by atoms with Crippen LogP contribution in [0, 0.1) is 0 Å². The fourth-order valence-corrected chi connectivity index (χ4v) is 3.63. The van der Waals surface area contributed by atoms with Gasteiger partial charge in [-0.25, -0.2) is 5.43 Å². The van der Waals surface area contributed by atoms with Gasteiger partial charge in [0.25, 0.3) is 5.91 Å². The van der Waals surface area contributed by atoms with E-state index in [-0.39, 0.29) is 28.6 Å². The van der Waals surface area contributed by atoms with Crippen LogP contribution in [0.2, 0.25) is 5.02 Å². The van der Waals surface area contributed by atoms with E-state index >= 15 is 0 Å². The number of hydrogen-bond acceptors (Lipinski definition) is 7. The highest BCUT2D eigenvalue weighted by atomic mass is 35.5. The quantitative estimate of drug-likeness (QED) is 0.288. The highest BCUT2D eigenvalue weighted by Gasteiger charge is 2.21. The molecule has 0 saturated heterocycles. The Morgan fingerprint density at radius 2 is 1.75 bits per heavy atom. The predicted molar refractivity (Wildman–Crippen MR) is 120 cm³/mol. The first-order valence-electron chi connectivity index (χ1n) is 9.26. The van der Waals surface area contributed by atoms with Gasteiger partial charge in [-0.1, -0.05) is 35.9 Å². The Morgan fingerprint density at radius 3 is 2.44 bits per heavy atom. The number of hydrazone groups is 1. The molecule has 0 saturated carbocycles. The number of methoxy groups -OCH3 is 1. The van der Waals surface area contributed by atoms with Gasteiger partial charge in [0.2, 0.25) is 0 Å². The molecule has 32 heavy (non-hydrogen) atoms. The number of ether oxygens (including phenoxy) is 2. The van der Waals surface area contributed by atoms with Gasteiger partial charge < -0.3 is 13.7 Å². The lowest BCUT2D eigenvalue weighted by Crippen LogP contribution is -2.24. The molecule has 1 amide bonds. The molecule has 1 N–H and O–H groups in total. The summed E-state index contributed by atoms with van der Waals surface area (Å²) in [5, 5.41) is 4.40. The van der Waals surface area contributed by atoms with Crippen molar-refractivity contribution in [1.29, 1.82) is 0 Å². The van der Waals surface area contributed by atoms with Gasteiger partial charge in [0, 0.05) is 10.6 Å². The van der Waals surface area contributed by atoms with Crippen LogP contribution in [-0.2, 0) is 14.9 Å². The minimum absolute atomic E-state index is 0.0126. The number of rotatable bonds is 9. The van der Waals surface area contributed by atoms with E-state index in [1.165, 1.54) is 25.5 Å². The molecule has 0 aliphatic heterocycles.